The van der Waals surface area contributed by atoms with Gasteiger partial charge in [-0.2, -0.15) is 0 Å². The number of benzene rings is 1. The maximum absolute atomic E-state index is 12.4. The Morgan fingerprint density at radius 2 is 1.87 bits per heavy atom. The molecule has 0 saturated carbocycles. The van der Waals surface area contributed by atoms with Crippen LogP contribution in [0, 0.1) is 11.8 Å². The average Bonchev–Trinajstić information content (AvgIpc) is 2.55. The van der Waals surface area contributed by atoms with Gasteiger partial charge in [0.15, 0.2) is 0 Å². The fourth-order valence-corrected chi connectivity index (χ4v) is 3.07. The minimum Gasteiger partial charge on any atom is -0.481 e. The van der Waals surface area contributed by atoms with E-state index in [0.717, 1.165) is 11.3 Å². The van der Waals surface area contributed by atoms with Crippen LogP contribution < -0.4 is 10.6 Å². The van der Waals surface area contributed by atoms with Crippen molar-refractivity contribution in [3.05, 3.63) is 35.9 Å². The summed E-state index contributed by atoms with van der Waals surface area (Å²) < 4.78 is 0. The molecule has 0 aromatic heterocycles. The molecule has 23 heavy (non-hydrogen) atoms. The Kier molecular flexibility index (Phi) is 4.14. The Morgan fingerprint density at radius 3 is 2.61 bits per heavy atom. The summed E-state index contributed by atoms with van der Waals surface area (Å²) in [4.78, 5) is 35.1. The molecule has 1 aromatic rings. The lowest BCUT2D eigenvalue weighted by Crippen LogP contribution is -2.34. The molecule has 1 aliphatic heterocycles. The molecule has 3 rings (SSSR count). The van der Waals surface area contributed by atoms with Gasteiger partial charge in [-0.25, -0.2) is 0 Å². The SMILES string of the molecule is O=C1CCc2cc(NC(=O)[C@@H]3CC=CC[C@H]3C(=O)O)ccc2N1. The molecule has 0 radical (unpaired) electrons. The zero-order chi connectivity index (χ0) is 16.4. The highest BCUT2D eigenvalue weighted by Gasteiger charge is 2.34. The van der Waals surface area contributed by atoms with Gasteiger partial charge in [0.05, 0.1) is 11.8 Å². The number of carbonyl (C=O) groups is 3. The molecule has 1 aromatic carbocycles. The predicted octanol–water partition coefficient (Wildman–Crippen LogP) is 2.18. The second-order valence-electron chi connectivity index (χ2n) is 5.90. The van der Waals surface area contributed by atoms with Gasteiger partial charge in [0, 0.05) is 17.8 Å². The summed E-state index contributed by atoms with van der Waals surface area (Å²) in [5.41, 5.74) is 2.37. The second kappa shape index (κ2) is 6.24. The molecule has 2 amide bonds. The van der Waals surface area contributed by atoms with Gasteiger partial charge in [0.25, 0.3) is 0 Å². The molecule has 120 valence electrons. The molecule has 2 atom stereocenters. The lowest BCUT2D eigenvalue weighted by atomic mass is 9.82. The number of carboxylic acids is 1. The molecule has 6 heteroatoms. The van der Waals surface area contributed by atoms with Crippen molar-refractivity contribution < 1.29 is 19.5 Å². The maximum Gasteiger partial charge on any atom is 0.307 e. The van der Waals surface area contributed by atoms with Crippen LogP contribution in [0.1, 0.15) is 24.8 Å². The summed E-state index contributed by atoms with van der Waals surface area (Å²) in [6.07, 6.45) is 5.54. The van der Waals surface area contributed by atoms with E-state index in [0.29, 0.717) is 31.4 Å². The summed E-state index contributed by atoms with van der Waals surface area (Å²) in [7, 11) is 0. The van der Waals surface area contributed by atoms with Crippen molar-refractivity contribution in [1.82, 2.24) is 0 Å². The van der Waals surface area contributed by atoms with Crippen molar-refractivity contribution in [3.8, 4) is 0 Å². The molecule has 0 saturated heterocycles. The summed E-state index contributed by atoms with van der Waals surface area (Å²) in [5, 5.41) is 14.8. The second-order valence-corrected chi connectivity index (χ2v) is 5.90. The van der Waals surface area contributed by atoms with Crippen LogP contribution in [0.25, 0.3) is 0 Å². The minimum atomic E-state index is -0.942. The number of carboxylic acid groups (broad SMARTS) is 1. The van der Waals surface area contributed by atoms with Crippen LogP contribution in [0.3, 0.4) is 0 Å². The zero-order valence-electron chi connectivity index (χ0n) is 12.5. The van der Waals surface area contributed by atoms with Crippen LogP contribution in [0.4, 0.5) is 11.4 Å². The molecule has 0 spiro atoms. The van der Waals surface area contributed by atoms with E-state index >= 15 is 0 Å². The van der Waals surface area contributed by atoms with E-state index in [4.69, 9.17) is 0 Å². The zero-order valence-corrected chi connectivity index (χ0v) is 12.5. The van der Waals surface area contributed by atoms with Crippen molar-refractivity contribution >= 4 is 29.2 Å². The van der Waals surface area contributed by atoms with E-state index in [1.807, 2.05) is 18.2 Å². The van der Waals surface area contributed by atoms with Crippen LogP contribution in [0.15, 0.2) is 30.4 Å². The molecule has 2 aliphatic rings. The Balaban J connectivity index is 1.74. The van der Waals surface area contributed by atoms with E-state index < -0.39 is 17.8 Å². The van der Waals surface area contributed by atoms with Crippen molar-refractivity contribution in [2.45, 2.75) is 25.7 Å². The van der Waals surface area contributed by atoms with Gasteiger partial charge in [-0.15, -0.1) is 0 Å². The number of rotatable bonds is 3. The molecule has 0 bridgehead atoms. The first kappa shape index (κ1) is 15.3. The Morgan fingerprint density at radius 1 is 1.13 bits per heavy atom. The standard InChI is InChI=1S/C17H18N2O4/c20-15-8-5-10-9-11(6-7-14(10)19-15)18-16(21)12-3-1-2-4-13(12)17(22)23/h1-2,6-7,9,12-13H,3-5,8H2,(H,18,21)(H,19,20)(H,22,23)/t12-,13-/m1/s1. The maximum atomic E-state index is 12.4. The number of allylic oxidation sites excluding steroid dienone is 2. The number of anilines is 2. The van der Waals surface area contributed by atoms with Crippen LogP contribution >= 0.6 is 0 Å². The molecule has 3 N–H and O–H groups in total. The van der Waals surface area contributed by atoms with Gasteiger partial charge >= 0.3 is 5.97 Å². The first-order chi connectivity index (χ1) is 11.0. The number of fused-ring (bicyclic) bond motifs is 1. The number of nitrogens with one attached hydrogen (secondary N) is 2. The summed E-state index contributed by atoms with van der Waals surface area (Å²) >= 11 is 0. The molecule has 0 fully saturated rings. The quantitative estimate of drug-likeness (QED) is 0.745. The van der Waals surface area contributed by atoms with Crippen molar-refractivity contribution in [2.75, 3.05) is 10.6 Å². The van der Waals surface area contributed by atoms with Crippen molar-refractivity contribution in [2.24, 2.45) is 11.8 Å². The van der Waals surface area contributed by atoms with Gasteiger partial charge in [-0.05, 0) is 43.0 Å². The first-order valence-electron chi connectivity index (χ1n) is 7.66. The normalized spacial score (nSPS) is 22.9. The third kappa shape index (κ3) is 3.26. The molecular weight excluding hydrogens is 296 g/mol. The number of aliphatic carboxylic acids is 1. The minimum absolute atomic E-state index is 0.00687. The van der Waals surface area contributed by atoms with Crippen LogP contribution in [0.5, 0.6) is 0 Å². The highest BCUT2D eigenvalue weighted by atomic mass is 16.4. The third-order valence-electron chi connectivity index (χ3n) is 4.35. The Bertz CT molecular complexity index is 696. The predicted molar refractivity (Wildman–Crippen MR) is 85.0 cm³/mol. The Labute approximate surface area is 133 Å². The number of hydrogen-bond acceptors (Lipinski definition) is 3. The van der Waals surface area contributed by atoms with Gasteiger partial charge in [0.1, 0.15) is 0 Å². The van der Waals surface area contributed by atoms with E-state index in [1.165, 1.54) is 0 Å². The largest absolute Gasteiger partial charge is 0.481 e. The van der Waals surface area contributed by atoms with E-state index in [2.05, 4.69) is 10.6 Å². The van der Waals surface area contributed by atoms with Gasteiger partial charge in [-0.1, -0.05) is 12.2 Å². The Hall–Kier alpha value is -2.63. The van der Waals surface area contributed by atoms with E-state index in [9.17, 15) is 19.5 Å². The van der Waals surface area contributed by atoms with Crippen molar-refractivity contribution in [3.63, 3.8) is 0 Å². The number of aryl methyl sites for hydroxylation is 1. The molecule has 1 aliphatic carbocycles. The summed E-state index contributed by atoms with van der Waals surface area (Å²) in [6.45, 7) is 0. The fraction of sp³-hybridized carbons (Fsp3) is 0.353. The summed E-state index contributed by atoms with van der Waals surface area (Å²) in [6, 6.07) is 5.31. The topological polar surface area (TPSA) is 95.5 Å². The van der Waals surface area contributed by atoms with E-state index in [-0.39, 0.29) is 11.8 Å². The van der Waals surface area contributed by atoms with Crippen LogP contribution in [-0.4, -0.2) is 22.9 Å². The number of amides is 2. The van der Waals surface area contributed by atoms with Gasteiger partial charge in [0.2, 0.25) is 11.8 Å². The first-order valence-corrected chi connectivity index (χ1v) is 7.66. The van der Waals surface area contributed by atoms with Gasteiger partial charge in [-0.3, -0.25) is 14.4 Å². The third-order valence-corrected chi connectivity index (χ3v) is 4.35. The molecule has 0 unspecified atom stereocenters. The lowest BCUT2D eigenvalue weighted by Gasteiger charge is -2.24. The van der Waals surface area contributed by atoms with Gasteiger partial charge < -0.3 is 15.7 Å². The number of carbonyl (C=O) groups excluding carboxylic acids is 2. The lowest BCUT2D eigenvalue weighted by molar-refractivity contribution is -0.146. The average molecular weight is 314 g/mol. The fourth-order valence-electron chi connectivity index (χ4n) is 3.07. The van der Waals surface area contributed by atoms with Crippen molar-refractivity contribution in [1.29, 1.82) is 0 Å². The smallest absolute Gasteiger partial charge is 0.307 e. The van der Waals surface area contributed by atoms with Crippen LogP contribution in [0.2, 0.25) is 0 Å². The monoisotopic (exact) mass is 314 g/mol. The van der Waals surface area contributed by atoms with Crippen LogP contribution in [-0.2, 0) is 20.8 Å². The highest BCUT2D eigenvalue weighted by molar-refractivity contribution is 5.97. The molecular formula is C17H18N2O4. The molecule has 1 heterocycles. The highest BCUT2D eigenvalue weighted by Crippen LogP contribution is 2.29. The number of hydrogen-bond donors (Lipinski definition) is 3. The summed E-state index contributed by atoms with van der Waals surface area (Å²) in [5.74, 6) is -2.47. The molecule has 6 nitrogen and oxygen atoms in total. The van der Waals surface area contributed by atoms with E-state index in [1.54, 1.807) is 12.1 Å².